The van der Waals surface area contributed by atoms with Crippen LogP contribution >= 0.6 is 0 Å². The van der Waals surface area contributed by atoms with Crippen molar-refractivity contribution in [1.82, 2.24) is 19.8 Å². The number of rotatable bonds is 5. The van der Waals surface area contributed by atoms with E-state index in [2.05, 4.69) is 40.5 Å². The Bertz CT molecular complexity index is 677. The van der Waals surface area contributed by atoms with Crippen molar-refractivity contribution in [3.63, 3.8) is 0 Å². The smallest absolute Gasteiger partial charge is 0.153 e. The van der Waals surface area contributed by atoms with Gasteiger partial charge in [-0.05, 0) is 19.0 Å². The van der Waals surface area contributed by atoms with Gasteiger partial charge in [0.2, 0.25) is 0 Å². The van der Waals surface area contributed by atoms with Gasteiger partial charge < -0.3 is 0 Å². The molecular weight excluding hydrogens is 324 g/mol. The third-order valence-corrected chi connectivity index (χ3v) is 6.73. The van der Waals surface area contributed by atoms with Crippen molar-refractivity contribution in [2.75, 3.05) is 31.1 Å². The van der Waals surface area contributed by atoms with Crippen LogP contribution < -0.4 is 0 Å². The Morgan fingerprint density at radius 1 is 1.21 bits per heavy atom. The minimum Gasteiger partial charge on any atom is -0.297 e. The molecule has 2 atom stereocenters. The Kier molecular flexibility index (Phi) is 5.22. The van der Waals surface area contributed by atoms with Crippen LogP contribution in [-0.4, -0.2) is 71.4 Å². The van der Waals surface area contributed by atoms with Crippen LogP contribution in [0.2, 0.25) is 0 Å². The van der Waals surface area contributed by atoms with Crippen molar-refractivity contribution in [1.29, 1.82) is 0 Å². The number of piperazine rings is 1. The summed E-state index contributed by atoms with van der Waals surface area (Å²) in [6, 6.07) is 2.17. The molecule has 0 saturated carbocycles. The first kappa shape index (κ1) is 17.8. The largest absolute Gasteiger partial charge is 0.297 e. The molecular formula is C17H28N4O2S. The predicted molar refractivity (Wildman–Crippen MR) is 94.6 cm³/mol. The average molecular weight is 353 g/mol. The second kappa shape index (κ2) is 7.06. The van der Waals surface area contributed by atoms with Gasteiger partial charge in [-0.2, -0.15) is 0 Å². The van der Waals surface area contributed by atoms with Crippen LogP contribution in [0.15, 0.2) is 12.3 Å². The molecule has 0 spiro atoms. The number of fused-ring (bicyclic) bond motifs is 1. The molecule has 0 N–H and O–H groups in total. The van der Waals surface area contributed by atoms with Crippen LogP contribution in [0.25, 0.3) is 0 Å². The molecule has 2 saturated heterocycles. The molecule has 6 nitrogen and oxygen atoms in total. The fourth-order valence-corrected chi connectivity index (χ4v) is 5.89. The van der Waals surface area contributed by atoms with Gasteiger partial charge in [0, 0.05) is 43.8 Å². The van der Waals surface area contributed by atoms with E-state index in [1.54, 1.807) is 0 Å². The summed E-state index contributed by atoms with van der Waals surface area (Å²) in [5, 5.41) is 0. The highest BCUT2D eigenvalue weighted by atomic mass is 32.2. The van der Waals surface area contributed by atoms with Crippen LogP contribution in [0.3, 0.4) is 0 Å². The van der Waals surface area contributed by atoms with Crippen molar-refractivity contribution in [3.05, 3.63) is 23.8 Å². The van der Waals surface area contributed by atoms with Gasteiger partial charge in [-0.15, -0.1) is 0 Å². The van der Waals surface area contributed by atoms with E-state index in [-0.39, 0.29) is 17.8 Å². The molecule has 24 heavy (non-hydrogen) atoms. The zero-order valence-electron chi connectivity index (χ0n) is 14.9. The van der Waals surface area contributed by atoms with Crippen molar-refractivity contribution < 1.29 is 8.42 Å². The number of aromatic nitrogens is 2. The van der Waals surface area contributed by atoms with E-state index >= 15 is 0 Å². The lowest BCUT2D eigenvalue weighted by atomic mass is 10.0. The summed E-state index contributed by atoms with van der Waals surface area (Å²) in [4.78, 5) is 13.7. The summed E-state index contributed by atoms with van der Waals surface area (Å²) < 4.78 is 24.4. The van der Waals surface area contributed by atoms with Gasteiger partial charge in [0.15, 0.2) is 9.84 Å². The average Bonchev–Trinajstić information content (AvgIpc) is 2.86. The number of hydrogen-bond acceptors (Lipinski definition) is 6. The highest BCUT2D eigenvalue weighted by Crippen LogP contribution is 2.28. The van der Waals surface area contributed by atoms with Gasteiger partial charge in [-0.1, -0.05) is 20.8 Å². The third kappa shape index (κ3) is 3.78. The van der Waals surface area contributed by atoms with Gasteiger partial charge in [-0.25, -0.2) is 18.4 Å². The minimum atomic E-state index is -2.94. The molecule has 0 aromatic carbocycles. The van der Waals surface area contributed by atoms with Crippen LogP contribution in [0.4, 0.5) is 0 Å². The molecule has 2 fully saturated rings. The van der Waals surface area contributed by atoms with E-state index in [1.165, 1.54) is 0 Å². The SMILES string of the molecule is CCCN1CCN(Cc2ccnc(C(C)C)n2)[C@H]2CS(=O)(=O)C[C@H]21. The summed E-state index contributed by atoms with van der Waals surface area (Å²) in [5.41, 5.74) is 0.987. The van der Waals surface area contributed by atoms with Crippen LogP contribution in [-0.2, 0) is 16.4 Å². The Morgan fingerprint density at radius 2 is 1.88 bits per heavy atom. The lowest BCUT2D eigenvalue weighted by Gasteiger charge is -2.43. The first-order valence-corrected chi connectivity index (χ1v) is 10.7. The monoisotopic (exact) mass is 352 g/mol. The fraction of sp³-hybridized carbons (Fsp3) is 0.765. The highest BCUT2D eigenvalue weighted by molar-refractivity contribution is 7.91. The van der Waals surface area contributed by atoms with Gasteiger partial charge >= 0.3 is 0 Å². The molecule has 0 bridgehead atoms. The summed E-state index contributed by atoms with van der Waals surface area (Å²) >= 11 is 0. The quantitative estimate of drug-likeness (QED) is 0.796. The third-order valence-electron chi connectivity index (χ3n) is 5.03. The fourth-order valence-electron chi connectivity index (χ4n) is 3.84. The van der Waals surface area contributed by atoms with Gasteiger partial charge in [-0.3, -0.25) is 9.80 Å². The van der Waals surface area contributed by atoms with Gasteiger partial charge in [0.05, 0.1) is 17.2 Å². The molecule has 134 valence electrons. The van der Waals surface area contributed by atoms with E-state index in [1.807, 2.05) is 12.3 Å². The lowest BCUT2D eigenvalue weighted by molar-refractivity contribution is 0.0397. The highest BCUT2D eigenvalue weighted by Gasteiger charge is 2.46. The topological polar surface area (TPSA) is 66.4 Å². The molecule has 0 radical (unpaired) electrons. The van der Waals surface area contributed by atoms with E-state index < -0.39 is 9.84 Å². The van der Waals surface area contributed by atoms with Crippen LogP contribution in [0, 0.1) is 0 Å². The maximum Gasteiger partial charge on any atom is 0.153 e. The van der Waals surface area contributed by atoms with Crippen molar-refractivity contribution in [2.24, 2.45) is 0 Å². The van der Waals surface area contributed by atoms with Crippen LogP contribution in [0.5, 0.6) is 0 Å². The number of sulfone groups is 1. The maximum atomic E-state index is 12.2. The molecule has 1 aromatic heterocycles. The molecule has 0 unspecified atom stereocenters. The molecule has 0 aliphatic carbocycles. The van der Waals surface area contributed by atoms with Crippen molar-refractivity contribution in [3.8, 4) is 0 Å². The van der Waals surface area contributed by atoms with Crippen molar-refractivity contribution >= 4 is 9.84 Å². The Morgan fingerprint density at radius 3 is 2.54 bits per heavy atom. The van der Waals surface area contributed by atoms with E-state index in [4.69, 9.17) is 0 Å². The molecule has 0 amide bonds. The zero-order chi connectivity index (χ0) is 17.3. The van der Waals surface area contributed by atoms with Gasteiger partial charge in [0.25, 0.3) is 0 Å². The summed E-state index contributed by atoms with van der Waals surface area (Å²) in [6.45, 7) is 9.85. The molecule has 3 rings (SSSR count). The Hall–Kier alpha value is -1.05. The molecule has 1 aromatic rings. The lowest BCUT2D eigenvalue weighted by Crippen LogP contribution is -2.58. The minimum absolute atomic E-state index is 0.0905. The van der Waals surface area contributed by atoms with Gasteiger partial charge in [0.1, 0.15) is 5.82 Å². The first-order chi connectivity index (χ1) is 11.4. The number of hydrogen-bond donors (Lipinski definition) is 0. The molecule has 2 aliphatic heterocycles. The first-order valence-electron chi connectivity index (χ1n) is 8.90. The summed E-state index contributed by atoms with van der Waals surface area (Å²) in [7, 11) is -2.94. The maximum absolute atomic E-state index is 12.2. The molecule has 7 heteroatoms. The Labute approximate surface area is 145 Å². The zero-order valence-corrected chi connectivity index (χ0v) is 15.7. The van der Waals surface area contributed by atoms with Crippen molar-refractivity contribution in [2.45, 2.75) is 51.7 Å². The Balaban J connectivity index is 1.78. The van der Waals surface area contributed by atoms with E-state index in [9.17, 15) is 8.42 Å². The molecule has 2 aliphatic rings. The summed E-state index contributed by atoms with van der Waals surface area (Å²) in [6.07, 6.45) is 2.88. The van der Waals surface area contributed by atoms with Crippen LogP contribution in [0.1, 0.15) is 44.6 Å². The number of nitrogens with zero attached hydrogens (tertiary/aromatic N) is 4. The second-order valence-electron chi connectivity index (χ2n) is 7.28. The molecule has 3 heterocycles. The predicted octanol–water partition coefficient (Wildman–Crippen LogP) is 1.29. The summed E-state index contributed by atoms with van der Waals surface area (Å²) in [5.74, 6) is 1.73. The standard InChI is InChI=1S/C17H28N4O2S/c1-4-7-20-8-9-21(16-12-24(22,23)11-15(16)20)10-14-5-6-18-17(19-14)13(2)3/h5-6,13,15-16H,4,7-12H2,1-3H3/t15-,16+/m1/s1. The normalized spacial score (nSPS) is 27.5. The van der Waals surface area contributed by atoms with E-state index in [0.29, 0.717) is 18.2 Å². The second-order valence-corrected chi connectivity index (χ2v) is 9.43. The van der Waals surface area contributed by atoms with E-state index in [0.717, 1.165) is 37.6 Å².